The lowest BCUT2D eigenvalue weighted by molar-refractivity contribution is -0.141. The van der Waals surface area contributed by atoms with Crippen molar-refractivity contribution < 1.29 is 19.4 Å². The van der Waals surface area contributed by atoms with Gasteiger partial charge < -0.3 is 15.7 Å². The fourth-order valence-corrected chi connectivity index (χ4v) is 6.89. The first-order valence-electron chi connectivity index (χ1n) is 9.49. The summed E-state index contributed by atoms with van der Waals surface area (Å²) in [6.45, 7) is 1.50. The van der Waals surface area contributed by atoms with Gasteiger partial charge in [-0.05, 0) is 42.0 Å². The minimum atomic E-state index is -3.81. The minimum Gasteiger partial charge on any atom is -0.480 e. The number of carbonyl (C=O) groups is 1. The summed E-state index contributed by atoms with van der Waals surface area (Å²) in [5.41, 5.74) is 7.76. The molecule has 8 heteroatoms. The van der Waals surface area contributed by atoms with Crippen molar-refractivity contribution in [1.29, 1.82) is 0 Å². The van der Waals surface area contributed by atoms with E-state index >= 15 is 0 Å². The van der Waals surface area contributed by atoms with Crippen molar-refractivity contribution in [3.05, 3.63) is 47.3 Å². The number of rotatable bonds is 8. The second-order valence-corrected chi connectivity index (χ2v) is 11.0. The summed E-state index contributed by atoms with van der Waals surface area (Å²) < 4.78 is 12.9. The van der Waals surface area contributed by atoms with Gasteiger partial charge in [0.1, 0.15) is 0 Å². The Balaban J connectivity index is 1.85. The molecule has 0 aliphatic carbocycles. The van der Waals surface area contributed by atoms with Gasteiger partial charge in [-0.15, -0.1) is 11.3 Å². The van der Waals surface area contributed by atoms with Crippen LogP contribution in [0.5, 0.6) is 0 Å². The van der Waals surface area contributed by atoms with Gasteiger partial charge in [0.2, 0.25) is 7.37 Å². The molecule has 1 aromatic heterocycles. The van der Waals surface area contributed by atoms with Crippen molar-refractivity contribution in [2.45, 2.75) is 31.0 Å². The van der Waals surface area contributed by atoms with Crippen LogP contribution >= 0.6 is 18.7 Å². The fourth-order valence-electron chi connectivity index (χ4n) is 3.90. The summed E-state index contributed by atoms with van der Waals surface area (Å²) in [7, 11) is -3.81. The van der Waals surface area contributed by atoms with E-state index < -0.39 is 18.5 Å². The Hall–Kier alpha value is -1.50. The molecule has 152 valence electrons. The maximum absolute atomic E-state index is 12.9. The van der Waals surface area contributed by atoms with Crippen LogP contribution in [0.4, 0.5) is 0 Å². The van der Waals surface area contributed by atoms with E-state index in [4.69, 9.17) is 5.73 Å². The average molecular weight is 422 g/mol. The number of thiophene rings is 1. The first-order chi connectivity index (χ1) is 13.4. The van der Waals surface area contributed by atoms with E-state index in [1.165, 1.54) is 0 Å². The second-order valence-electron chi connectivity index (χ2n) is 7.35. The Bertz CT molecular complexity index is 858. The Kier molecular flexibility index (Phi) is 6.73. The lowest BCUT2D eigenvalue weighted by Crippen LogP contribution is -2.53. The molecule has 0 radical (unpaired) electrons. The summed E-state index contributed by atoms with van der Waals surface area (Å²) in [6, 6.07) is 12.1. The highest BCUT2D eigenvalue weighted by atomic mass is 32.1. The summed E-state index contributed by atoms with van der Waals surface area (Å²) in [5, 5.41) is 10.3. The molecule has 2 atom stereocenters. The topological polar surface area (TPSA) is 104 Å². The van der Waals surface area contributed by atoms with E-state index in [9.17, 15) is 19.4 Å². The van der Waals surface area contributed by atoms with Crippen molar-refractivity contribution in [2.24, 2.45) is 5.73 Å². The molecule has 1 unspecified atom stereocenters. The standard InChI is InChI=1S/C20H27N2O4PS/c21-10-4-3-9-20(19(23)24)15-22(11-12-27(20,25)26)14-16-6-1-2-7-17(16)18-8-5-13-28-18/h1-2,5-8,13H,3-4,9-12,14-15,21H2,(H,23,24)(H,25,26)/t20-/m0/s1. The molecule has 3 rings (SSSR count). The molecule has 2 heterocycles. The van der Waals surface area contributed by atoms with Crippen molar-refractivity contribution >= 4 is 24.7 Å². The number of benzene rings is 1. The van der Waals surface area contributed by atoms with Crippen LogP contribution < -0.4 is 5.73 Å². The normalized spacial score (nSPS) is 25.6. The molecule has 28 heavy (non-hydrogen) atoms. The maximum atomic E-state index is 12.9. The first-order valence-corrected chi connectivity index (χ1v) is 12.2. The smallest absolute Gasteiger partial charge is 0.320 e. The molecule has 1 saturated heterocycles. The van der Waals surface area contributed by atoms with Gasteiger partial charge >= 0.3 is 5.97 Å². The number of carboxylic acids is 1. The summed E-state index contributed by atoms with van der Waals surface area (Å²) >= 11 is 1.66. The number of nitrogens with zero attached hydrogens (tertiary/aromatic N) is 1. The molecule has 4 N–H and O–H groups in total. The lowest BCUT2D eigenvalue weighted by Gasteiger charge is -2.43. The average Bonchev–Trinajstić information content (AvgIpc) is 3.19. The predicted octanol–water partition coefficient (Wildman–Crippen LogP) is 3.45. The van der Waals surface area contributed by atoms with Crippen LogP contribution in [0.3, 0.4) is 0 Å². The molecular weight excluding hydrogens is 395 g/mol. The van der Waals surface area contributed by atoms with E-state index in [0.717, 1.165) is 16.0 Å². The Morgan fingerprint density at radius 3 is 2.71 bits per heavy atom. The van der Waals surface area contributed by atoms with Crippen molar-refractivity contribution in [3.8, 4) is 10.4 Å². The highest BCUT2D eigenvalue weighted by Crippen LogP contribution is 2.59. The quantitative estimate of drug-likeness (QED) is 0.445. The van der Waals surface area contributed by atoms with Gasteiger partial charge in [-0.1, -0.05) is 36.8 Å². The fraction of sp³-hybridized carbons (Fsp3) is 0.450. The molecule has 1 aromatic carbocycles. The van der Waals surface area contributed by atoms with Gasteiger partial charge in [0.25, 0.3) is 0 Å². The zero-order valence-electron chi connectivity index (χ0n) is 15.8. The second kappa shape index (κ2) is 8.89. The van der Waals surface area contributed by atoms with Gasteiger partial charge in [-0.25, -0.2) is 0 Å². The molecule has 2 aromatic rings. The Morgan fingerprint density at radius 1 is 1.25 bits per heavy atom. The van der Waals surface area contributed by atoms with Gasteiger partial charge in [0.15, 0.2) is 5.16 Å². The van der Waals surface area contributed by atoms with Gasteiger partial charge in [0.05, 0.1) is 0 Å². The van der Waals surface area contributed by atoms with Crippen LogP contribution in [0.15, 0.2) is 41.8 Å². The van der Waals surface area contributed by atoms with E-state index in [1.807, 2.05) is 34.5 Å². The van der Waals surface area contributed by atoms with Crippen molar-refractivity contribution in [2.75, 3.05) is 25.8 Å². The van der Waals surface area contributed by atoms with Crippen LogP contribution in [0, 0.1) is 0 Å². The molecule has 0 saturated carbocycles. The highest BCUT2D eigenvalue weighted by Gasteiger charge is 2.56. The monoisotopic (exact) mass is 422 g/mol. The molecule has 1 fully saturated rings. The zero-order chi connectivity index (χ0) is 20.2. The number of aliphatic carboxylic acids is 1. The van der Waals surface area contributed by atoms with Crippen molar-refractivity contribution in [1.82, 2.24) is 4.90 Å². The molecule has 0 bridgehead atoms. The van der Waals surface area contributed by atoms with Crippen LogP contribution in [-0.2, 0) is 15.9 Å². The molecular formula is C20H27N2O4PS. The summed E-state index contributed by atoms with van der Waals surface area (Å²) in [5.74, 6) is -1.17. The minimum absolute atomic E-state index is 0.00307. The summed E-state index contributed by atoms with van der Waals surface area (Å²) in [4.78, 5) is 25.9. The van der Waals surface area contributed by atoms with Gasteiger partial charge in [-0.3, -0.25) is 14.3 Å². The van der Waals surface area contributed by atoms with E-state index in [1.54, 1.807) is 11.3 Å². The van der Waals surface area contributed by atoms with Crippen LogP contribution in [0.1, 0.15) is 24.8 Å². The highest BCUT2D eigenvalue weighted by molar-refractivity contribution is 7.61. The number of hydrogen-bond acceptors (Lipinski definition) is 5. The van der Waals surface area contributed by atoms with Crippen LogP contribution in [-0.4, -0.2) is 51.8 Å². The van der Waals surface area contributed by atoms with Crippen molar-refractivity contribution in [3.63, 3.8) is 0 Å². The van der Waals surface area contributed by atoms with E-state index in [0.29, 0.717) is 32.5 Å². The third-order valence-electron chi connectivity index (χ3n) is 5.51. The number of carboxylic acid groups (broad SMARTS) is 1. The zero-order valence-corrected chi connectivity index (χ0v) is 17.5. The predicted molar refractivity (Wildman–Crippen MR) is 113 cm³/mol. The van der Waals surface area contributed by atoms with Crippen LogP contribution in [0.25, 0.3) is 10.4 Å². The Labute approximate surface area is 169 Å². The number of unbranched alkanes of at least 4 members (excludes halogenated alkanes) is 1. The largest absolute Gasteiger partial charge is 0.480 e. The lowest BCUT2D eigenvalue weighted by atomic mass is 9.98. The van der Waals surface area contributed by atoms with E-state index in [-0.39, 0.29) is 19.1 Å². The third-order valence-corrected chi connectivity index (χ3v) is 9.12. The molecule has 1 aliphatic rings. The number of nitrogens with two attached hydrogens (primary N) is 1. The SMILES string of the molecule is NCCCC[C@@]1(C(=O)O)CN(Cc2ccccc2-c2cccs2)CCP1(=O)O. The molecule has 0 amide bonds. The van der Waals surface area contributed by atoms with Gasteiger partial charge in [0, 0.05) is 30.7 Å². The van der Waals surface area contributed by atoms with Gasteiger partial charge in [-0.2, -0.15) is 0 Å². The van der Waals surface area contributed by atoms with E-state index in [2.05, 4.69) is 12.1 Å². The molecule has 6 nitrogen and oxygen atoms in total. The third kappa shape index (κ3) is 4.24. The Morgan fingerprint density at radius 2 is 2.04 bits per heavy atom. The summed E-state index contributed by atoms with van der Waals surface area (Å²) in [6.07, 6.45) is 1.36. The molecule has 1 aliphatic heterocycles. The maximum Gasteiger partial charge on any atom is 0.320 e. The number of hydrogen-bond donors (Lipinski definition) is 3. The molecule has 0 spiro atoms. The first kappa shape index (κ1) is 21.2. The van der Waals surface area contributed by atoms with Crippen LogP contribution in [0.2, 0.25) is 0 Å².